The Morgan fingerprint density at radius 2 is 2.35 bits per heavy atom. The van der Waals surface area contributed by atoms with E-state index in [4.69, 9.17) is 0 Å². The highest BCUT2D eigenvalue weighted by atomic mass is 79.9. The van der Waals surface area contributed by atoms with Crippen molar-refractivity contribution in [2.45, 2.75) is 13.5 Å². The lowest BCUT2D eigenvalue weighted by atomic mass is 10.1. The molecule has 5 heteroatoms. The Labute approximate surface area is 112 Å². The van der Waals surface area contributed by atoms with Gasteiger partial charge in [-0.25, -0.2) is 0 Å². The van der Waals surface area contributed by atoms with Crippen LogP contribution in [0.2, 0.25) is 0 Å². The van der Waals surface area contributed by atoms with Crippen LogP contribution in [-0.4, -0.2) is 10.9 Å². The number of benzene rings is 1. The van der Waals surface area contributed by atoms with Gasteiger partial charge in [-0.1, -0.05) is 11.6 Å². The first-order valence-corrected chi connectivity index (χ1v) is 6.76. The molecule has 0 spiro atoms. The summed E-state index contributed by atoms with van der Waals surface area (Å²) in [6, 6.07) is 5.72. The molecule has 2 aromatic rings. The third-order valence-corrected chi connectivity index (χ3v) is 3.74. The van der Waals surface area contributed by atoms with Gasteiger partial charge in [-0.05, 0) is 35.0 Å². The summed E-state index contributed by atoms with van der Waals surface area (Å²) in [4.78, 5) is 17.0. The van der Waals surface area contributed by atoms with E-state index in [9.17, 15) is 4.79 Å². The number of nitrogens with zero attached hydrogens (tertiary/aromatic N) is 1. The Kier molecular flexibility index (Phi) is 3.91. The van der Waals surface area contributed by atoms with Gasteiger partial charge in [0.15, 0.2) is 0 Å². The van der Waals surface area contributed by atoms with E-state index in [0.717, 1.165) is 14.9 Å². The zero-order chi connectivity index (χ0) is 12.3. The minimum Gasteiger partial charge on any atom is -0.347 e. The molecule has 0 radical (unpaired) electrons. The van der Waals surface area contributed by atoms with Crippen LogP contribution in [0.5, 0.6) is 0 Å². The van der Waals surface area contributed by atoms with Crippen LogP contribution in [0, 0.1) is 6.92 Å². The van der Waals surface area contributed by atoms with E-state index in [1.54, 1.807) is 11.7 Å². The van der Waals surface area contributed by atoms with Crippen molar-refractivity contribution in [1.82, 2.24) is 10.3 Å². The molecule has 0 aliphatic heterocycles. The van der Waals surface area contributed by atoms with E-state index in [-0.39, 0.29) is 5.91 Å². The van der Waals surface area contributed by atoms with E-state index in [0.29, 0.717) is 12.1 Å². The summed E-state index contributed by atoms with van der Waals surface area (Å²) >= 11 is 4.91. The second kappa shape index (κ2) is 5.42. The quantitative estimate of drug-likeness (QED) is 0.946. The molecule has 0 unspecified atom stereocenters. The molecule has 1 N–H and O–H groups in total. The second-order valence-corrected chi connectivity index (χ2v) is 5.46. The number of thiazole rings is 1. The van der Waals surface area contributed by atoms with E-state index in [2.05, 4.69) is 26.2 Å². The number of halogens is 1. The van der Waals surface area contributed by atoms with Gasteiger partial charge < -0.3 is 5.32 Å². The molecule has 0 atom stereocenters. The summed E-state index contributed by atoms with van der Waals surface area (Å²) in [5, 5.41) is 2.87. The van der Waals surface area contributed by atoms with Gasteiger partial charge in [0, 0.05) is 15.5 Å². The van der Waals surface area contributed by atoms with Crippen molar-refractivity contribution in [3.8, 4) is 0 Å². The number of rotatable bonds is 3. The molecule has 3 nitrogen and oxygen atoms in total. The minimum absolute atomic E-state index is 0.0750. The number of hydrogen-bond acceptors (Lipinski definition) is 3. The molecule has 88 valence electrons. The minimum atomic E-state index is -0.0750. The van der Waals surface area contributed by atoms with Crippen LogP contribution in [0.3, 0.4) is 0 Å². The molecular formula is C12H11BrN2OS. The molecule has 1 amide bonds. The predicted molar refractivity (Wildman–Crippen MR) is 72.2 cm³/mol. The Morgan fingerprint density at radius 3 is 3.06 bits per heavy atom. The molecule has 1 aromatic carbocycles. The molecule has 17 heavy (non-hydrogen) atoms. The van der Waals surface area contributed by atoms with Gasteiger partial charge in [0.2, 0.25) is 0 Å². The van der Waals surface area contributed by atoms with Gasteiger partial charge in [-0.3, -0.25) is 9.78 Å². The molecule has 0 bridgehead atoms. The lowest BCUT2D eigenvalue weighted by molar-refractivity contribution is 0.0950. The van der Waals surface area contributed by atoms with Crippen LogP contribution in [0.4, 0.5) is 0 Å². The summed E-state index contributed by atoms with van der Waals surface area (Å²) in [6.07, 6.45) is 1.76. The van der Waals surface area contributed by atoms with E-state index in [1.807, 2.05) is 25.1 Å². The van der Waals surface area contributed by atoms with Crippen LogP contribution in [0.25, 0.3) is 0 Å². The molecule has 1 aromatic heterocycles. The predicted octanol–water partition coefficient (Wildman–Crippen LogP) is 3.14. The number of aryl methyl sites for hydroxylation is 1. The maximum absolute atomic E-state index is 12.0. The van der Waals surface area contributed by atoms with E-state index >= 15 is 0 Å². The number of carbonyl (C=O) groups is 1. The maximum Gasteiger partial charge on any atom is 0.252 e. The van der Waals surface area contributed by atoms with Gasteiger partial charge in [0.1, 0.15) is 0 Å². The highest BCUT2D eigenvalue weighted by molar-refractivity contribution is 9.10. The smallest absolute Gasteiger partial charge is 0.252 e. The van der Waals surface area contributed by atoms with Crippen LogP contribution in [0.15, 0.2) is 34.4 Å². The first kappa shape index (κ1) is 12.3. The number of hydrogen-bond donors (Lipinski definition) is 1. The highest BCUT2D eigenvalue weighted by Gasteiger charge is 2.09. The average Bonchev–Trinajstić information content (AvgIpc) is 2.82. The third kappa shape index (κ3) is 3.14. The van der Waals surface area contributed by atoms with Crippen LogP contribution >= 0.6 is 27.3 Å². The van der Waals surface area contributed by atoms with Crippen LogP contribution in [-0.2, 0) is 6.54 Å². The molecule has 0 saturated carbocycles. The fraction of sp³-hybridized carbons (Fsp3) is 0.167. The molecule has 0 saturated heterocycles. The third-order valence-electron chi connectivity index (χ3n) is 2.27. The lowest BCUT2D eigenvalue weighted by Crippen LogP contribution is -2.22. The first-order chi connectivity index (χ1) is 8.16. The second-order valence-electron chi connectivity index (χ2n) is 3.63. The Bertz CT molecular complexity index is 525. The van der Waals surface area contributed by atoms with Crippen molar-refractivity contribution in [2.75, 3.05) is 0 Å². The standard InChI is InChI=1S/C12H11BrN2OS/c1-8-2-3-11(13)10(4-8)12(16)15-6-9-5-14-7-17-9/h2-5,7H,6H2,1H3,(H,15,16). The Morgan fingerprint density at radius 1 is 1.53 bits per heavy atom. The summed E-state index contributed by atoms with van der Waals surface area (Å²) in [6.45, 7) is 2.48. The molecule has 2 rings (SSSR count). The van der Waals surface area contributed by atoms with E-state index in [1.165, 1.54) is 11.3 Å². The molecule has 0 aliphatic carbocycles. The zero-order valence-electron chi connectivity index (χ0n) is 9.24. The Balaban J connectivity index is 2.07. The van der Waals surface area contributed by atoms with Gasteiger partial charge >= 0.3 is 0 Å². The number of amides is 1. The largest absolute Gasteiger partial charge is 0.347 e. The molecule has 1 heterocycles. The molecular weight excluding hydrogens is 300 g/mol. The Hall–Kier alpha value is -1.20. The van der Waals surface area contributed by atoms with Gasteiger partial charge in [-0.15, -0.1) is 11.3 Å². The average molecular weight is 311 g/mol. The zero-order valence-corrected chi connectivity index (χ0v) is 11.6. The van der Waals surface area contributed by atoms with Crippen LogP contribution in [0.1, 0.15) is 20.8 Å². The SMILES string of the molecule is Cc1ccc(Br)c(C(=O)NCc2cncs2)c1. The molecule has 0 aliphatic rings. The van der Waals surface area contributed by atoms with Gasteiger partial charge in [-0.2, -0.15) is 0 Å². The number of aromatic nitrogens is 1. The fourth-order valence-electron chi connectivity index (χ4n) is 1.41. The summed E-state index contributed by atoms with van der Waals surface area (Å²) < 4.78 is 0.810. The number of carbonyl (C=O) groups excluding carboxylic acids is 1. The fourth-order valence-corrected chi connectivity index (χ4v) is 2.37. The van der Waals surface area contributed by atoms with Crippen molar-refractivity contribution in [3.63, 3.8) is 0 Å². The topological polar surface area (TPSA) is 42.0 Å². The lowest BCUT2D eigenvalue weighted by Gasteiger charge is -2.06. The first-order valence-electron chi connectivity index (χ1n) is 5.08. The summed E-state index contributed by atoms with van der Waals surface area (Å²) in [5.41, 5.74) is 3.48. The maximum atomic E-state index is 12.0. The van der Waals surface area contributed by atoms with Gasteiger partial charge in [0.05, 0.1) is 17.6 Å². The summed E-state index contributed by atoms with van der Waals surface area (Å²) in [7, 11) is 0. The van der Waals surface area contributed by atoms with Crippen LogP contribution < -0.4 is 5.32 Å². The normalized spacial score (nSPS) is 10.2. The number of nitrogens with one attached hydrogen (secondary N) is 1. The van der Waals surface area contributed by atoms with Gasteiger partial charge in [0.25, 0.3) is 5.91 Å². The van der Waals surface area contributed by atoms with Crippen molar-refractivity contribution < 1.29 is 4.79 Å². The van der Waals surface area contributed by atoms with Crippen molar-refractivity contribution in [2.24, 2.45) is 0 Å². The van der Waals surface area contributed by atoms with E-state index < -0.39 is 0 Å². The van der Waals surface area contributed by atoms with Crippen molar-refractivity contribution in [3.05, 3.63) is 50.4 Å². The monoisotopic (exact) mass is 310 g/mol. The highest BCUT2D eigenvalue weighted by Crippen LogP contribution is 2.18. The van der Waals surface area contributed by atoms with Crippen molar-refractivity contribution >= 4 is 33.2 Å². The molecule has 0 fully saturated rings. The summed E-state index contributed by atoms with van der Waals surface area (Å²) in [5.74, 6) is -0.0750. The van der Waals surface area contributed by atoms with Crippen molar-refractivity contribution in [1.29, 1.82) is 0 Å².